The van der Waals surface area contributed by atoms with Crippen LogP contribution in [0.4, 0.5) is 11.4 Å². The number of thiocarbonyl (C=S) groups is 1. The lowest BCUT2D eigenvalue weighted by Crippen LogP contribution is -2.11. The first-order valence-electron chi connectivity index (χ1n) is 5.60. The predicted octanol–water partition coefficient (Wildman–Crippen LogP) is 4.55. The standard InChI is InChI=1S/C14H13BrN2S2/c1-19-11-5-3-10(4-6-11)17-13-7-2-9(15)8-12(13)14(16)18/h2-8,17H,1H3,(H2,16,18). The molecule has 0 aliphatic heterocycles. The zero-order valence-corrected chi connectivity index (χ0v) is 13.5. The van der Waals surface area contributed by atoms with Gasteiger partial charge in [-0.25, -0.2) is 0 Å². The lowest BCUT2D eigenvalue weighted by atomic mass is 10.1. The molecule has 3 N–H and O–H groups in total. The van der Waals surface area contributed by atoms with E-state index in [-0.39, 0.29) is 0 Å². The number of hydrogen-bond donors (Lipinski definition) is 2. The Morgan fingerprint density at radius 2 is 1.89 bits per heavy atom. The number of benzene rings is 2. The Morgan fingerprint density at radius 1 is 1.21 bits per heavy atom. The average molecular weight is 353 g/mol. The minimum atomic E-state index is 0.379. The third-order valence-electron chi connectivity index (χ3n) is 2.62. The second-order valence-electron chi connectivity index (χ2n) is 3.91. The molecule has 0 unspecified atom stereocenters. The van der Waals surface area contributed by atoms with E-state index in [2.05, 4.69) is 39.6 Å². The predicted molar refractivity (Wildman–Crippen MR) is 91.5 cm³/mol. The second-order valence-corrected chi connectivity index (χ2v) is 6.14. The number of hydrogen-bond acceptors (Lipinski definition) is 3. The molecule has 0 saturated carbocycles. The molecule has 0 bridgehead atoms. The van der Waals surface area contributed by atoms with Crippen molar-refractivity contribution in [2.75, 3.05) is 11.6 Å². The highest BCUT2D eigenvalue weighted by Gasteiger charge is 2.06. The highest BCUT2D eigenvalue weighted by atomic mass is 79.9. The van der Waals surface area contributed by atoms with Crippen molar-refractivity contribution >= 4 is 56.3 Å². The fraction of sp³-hybridized carbons (Fsp3) is 0.0714. The third-order valence-corrected chi connectivity index (χ3v) is 4.07. The summed E-state index contributed by atoms with van der Waals surface area (Å²) in [6.07, 6.45) is 2.06. The van der Waals surface area contributed by atoms with Crippen LogP contribution in [0, 0.1) is 0 Å². The topological polar surface area (TPSA) is 38.0 Å². The number of nitrogens with two attached hydrogens (primary N) is 1. The van der Waals surface area contributed by atoms with E-state index in [0.717, 1.165) is 21.4 Å². The van der Waals surface area contributed by atoms with Gasteiger partial charge >= 0.3 is 0 Å². The molecular formula is C14H13BrN2S2. The second kappa shape index (κ2) is 6.41. The van der Waals surface area contributed by atoms with E-state index in [1.807, 2.05) is 30.3 Å². The number of anilines is 2. The Kier molecular flexibility index (Phi) is 4.85. The first-order chi connectivity index (χ1) is 9.10. The molecule has 2 nitrogen and oxygen atoms in total. The summed E-state index contributed by atoms with van der Waals surface area (Å²) in [6, 6.07) is 14.1. The Labute approximate surface area is 130 Å². The molecule has 0 aliphatic carbocycles. The van der Waals surface area contributed by atoms with Crippen molar-refractivity contribution in [3.05, 3.63) is 52.5 Å². The number of thioether (sulfide) groups is 1. The van der Waals surface area contributed by atoms with Crippen LogP contribution >= 0.6 is 39.9 Å². The zero-order valence-electron chi connectivity index (χ0n) is 10.3. The Balaban J connectivity index is 2.29. The highest BCUT2D eigenvalue weighted by Crippen LogP contribution is 2.25. The quantitative estimate of drug-likeness (QED) is 0.625. The van der Waals surface area contributed by atoms with Crippen LogP contribution in [0.5, 0.6) is 0 Å². The van der Waals surface area contributed by atoms with Crippen molar-refractivity contribution in [3.8, 4) is 0 Å². The lowest BCUT2D eigenvalue weighted by molar-refractivity contribution is 1.44. The van der Waals surface area contributed by atoms with E-state index in [0.29, 0.717) is 4.99 Å². The highest BCUT2D eigenvalue weighted by molar-refractivity contribution is 9.10. The van der Waals surface area contributed by atoms with Crippen LogP contribution < -0.4 is 11.1 Å². The molecule has 0 aromatic heterocycles. The molecule has 0 heterocycles. The van der Waals surface area contributed by atoms with Crippen molar-refractivity contribution in [1.29, 1.82) is 0 Å². The van der Waals surface area contributed by atoms with Gasteiger partial charge in [-0.1, -0.05) is 28.1 Å². The molecule has 0 atom stereocenters. The van der Waals surface area contributed by atoms with E-state index in [4.69, 9.17) is 18.0 Å². The fourth-order valence-corrected chi connectivity index (χ4v) is 2.60. The number of halogens is 1. The summed E-state index contributed by atoms with van der Waals surface area (Å²) in [5.41, 5.74) is 8.50. The van der Waals surface area contributed by atoms with Crippen molar-refractivity contribution in [3.63, 3.8) is 0 Å². The molecule has 2 aromatic carbocycles. The average Bonchev–Trinajstić information content (AvgIpc) is 2.41. The van der Waals surface area contributed by atoms with Crippen LogP contribution in [0.1, 0.15) is 5.56 Å². The van der Waals surface area contributed by atoms with Crippen LogP contribution in [-0.4, -0.2) is 11.2 Å². The monoisotopic (exact) mass is 352 g/mol. The SMILES string of the molecule is CSc1ccc(Nc2ccc(Br)cc2C(N)=S)cc1. The minimum absolute atomic E-state index is 0.379. The molecule has 0 fully saturated rings. The summed E-state index contributed by atoms with van der Waals surface area (Å²) in [6.45, 7) is 0. The molecule has 0 saturated heterocycles. The molecule has 0 spiro atoms. The zero-order chi connectivity index (χ0) is 13.8. The van der Waals surface area contributed by atoms with Gasteiger partial charge in [0.15, 0.2) is 0 Å². The third kappa shape index (κ3) is 3.72. The van der Waals surface area contributed by atoms with Gasteiger partial charge in [0.2, 0.25) is 0 Å². The van der Waals surface area contributed by atoms with Crippen molar-refractivity contribution in [1.82, 2.24) is 0 Å². The Bertz CT molecular complexity index is 597. The molecule has 0 amide bonds. The lowest BCUT2D eigenvalue weighted by Gasteiger charge is -2.12. The summed E-state index contributed by atoms with van der Waals surface area (Å²) in [4.78, 5) is 1.61. The van der Waals surface area contributed by atoms with Crippen LogP contribution in [0.2, 0.25) is 0 Å². The van der Waals surface area contributed by atoms with Gasteiger partial charge in [-0.3, -0.25) is 0 Å². The molecular weight excluding hydrogens is 340 g/mol. The van der Waals surface area contributed by atoms with Gasteiger partial charge in [-0.15, -0.1) is 11.8 Å². The van der Waals surface area contributed by atoms with Crippen LogP contribution in [0.25, 0.3) is 0 Å². The summed E-state index contributed by atoms with van der Waals surface area (Å²) in [5.74, 6) is 0. The number of rotatable bonds is 4. The maximum atomic E-state index is 5.75. The summed E-state index contributed by atoms with van der Waals surface area (Å²) in [7, 11) is 0. The first-order valence-corrected chi connectivity index (χ1v) is 8.03. The van der Waals surface area contributed by atoms with Crippen LogP contribution in [0.15, 0.2) is 51.8 Å². The summed E-state index contributed by atoms with van der Waals surface area (Å²) >= 11 is 10.2. The van der Waals surface area contributed by atoms with Crippen LogP contribution in [0.3, 0.4) is 0 Å². The van der Waals surface area contributed by atoms with E-state index in [1.54, 1.807) is 11.8 Å². The van der Waals surface area contributed by atoms with Gasteiger partial charge in [-0.05, 0) is 48.7 Å². The molecule has 5 heteroatoms. The normalized spacial score (nSPS) is 10.2. The summed E-state index contributed by atoms with van der Waals surface area (Å²) in [5, 5.41) is 3.33. The van der Waals surface area contributed by atoms with E-state index in [9.17, 15) is 0 Å². The van der Waals surface area contributed by atoms with Gasteiger partial charge in [-0.2, -0.15) is 0 Å². The minimum Gasteiger partial charge on any atom is -0.389 e. The largest absolute Gasteiger partial charge is 0.389 e. The molecule has 0 radical (unpaired) electrons. The van der Waals surface area contributed by atoms with Gasteiger partial charge < -0.3 is 11.1 Å². The molecule has 0 aliphatic rings. The van der Waals surface area contributed by atoms with Crippen LogP contribution in [-0.2, 0) is 0 Å². The van der Waals surface area contributed by atoms with E-state index < -0.39 is 0 Å². The Hall–Kier alpha value is -1.04. The first kappa shape index (κ1) is 14.4. The van der Waals surface area contributed by atoms with E-state index >= 15 is 0 Å². The van der Waals surface area contributed by atoms with E-state index in [1.165, 1.54) is 4.90 Å². The smallest absolute Gasteiger partial charge is 0.106 e. The molecule has 2 aromatic rings. The summed E-state index contributed by atoms with van der Waals surface area (Å²) < 4.78 is 0.957. The van der Waals surface area contributed by atoms with Crippen molar-refractivity contribution < 1.29 is 0 Å². The molecule has 98 valence electrons. The number of nitrogens with one attached hydrogen (secondary N) is 1. The van der Waals surface area contributed by atoms with Crippen molar-refractivity contribution in [2.24, 2.45) is 5.73 Å². The van der Waals surface area contributed by atoms with Gasteiger partial charge in [0.25, 0.3) is 0 Å². The maximum Gasteiger partial charge on any atom is 0.106 e. The van der Waals surface area contributed by atoms with Gasteiger partial charge in [0.1, 0.15) is 4.99 Å². The maximum absolute atomic E-state index is 5.75. The van der Waals surface area contributed by atoms with Crippen molar-refractivity contribution in [2.45, 2.75) is 4.90 Å². The Morgan fingerprint density at radius 3 is 2.47 bits per heavy atom. The molecule has 19 heavy (non-hydrogen) atoms. The fourth-order valence-electron chi connectivity index (χ4n) is 1.66. The van der Waals surface area contributed by atoms with Gasteiger partial charge in [0.05, 0.1) is 0 Å². The molecule has 2 rings (SSSR count). The van der Waals surface area contributed by atoms with Gasteiger partial charge in [0, 0.05) is 26.3 Å².